The van der Waals surface area contributed by atoms with Crippen molar-refractivity contribution in [2.24, 2.45) is 5.73 Å². The summed E-state index contributed by atoms with van der Waals surface area (Å²) in [6.45, 7) is 0.925. The highest BCUT2D eigenvalue weighted by atomic mass is 35.5. The molecular formula is C17H19ClN2O3S. The molecule has 0 atom stereocenters. The first-order valence-corrected chi connectivity index (χ1v) is 9.56. The molecule has 3 rings (SSSR count). The van der Waals surface area contributed by atoms with Crippen LogP contribution in [0.1, 0.15) is 12.8 Å². The zero-order valence-electron chi connectivity index (χ0n) is 13.1. The van der Waals surface area contributed by atoms with Crippen molar-refractivity contribution < 1.29 is 13.2 Å². The van der Waals surface area contributed by atoms with Crippen LogP contribution in [0, 0.1) is 0 Å². The first-order valence-electron chi connectivity index (χ1n) is 7.74. The summed E-state index contributed by atoms with van der Waals surface area (Å²) in [4.78, 5) is 0.261. The van der Waals surface area contributed by atoms with Gasteiger partial charge >= 0.3 is 0 Å². The number of nitrogens with zero attached hydrogens (tertiary/aromatic N) is 1. The van der Waals surface area contributed by atoms with Crippen LogP contribution in [-0.2, 0) is 10.0 Å². The molecule has 1 aliphatic rings. The highest BCUT2D eigenvalue weighted by Crippen LogP contribution is 2.26. The van der Waals surface area contributed by atoms with Gasteiger partial charge < -0.3 is 10.5 Å². The van der Waals surface area contributed by atoms with Gasteiger partial charge in [0.05, 0.1) is 4.90 Å². The van der Waals surface area contributed by atoms with Crippen molar-refractivity contribution >= 4 is 21.6 Å². The van der Waals surface area contributed by atoms with Gasteiger partial charge in [0.1, 0.15) is 11.5 Å². The van der Waals surface area contributed by atoms with E-state index in [1.807, 2.05) is 0 Å². The van der Waals surface area contributed by atoms with Crippen LogP contribution in [0.3, 0.4) is 0 Å². The Morgan fingerprint density at radius 3 is 2.33 bits per heavy atom. The van der Waals surface area contributed by atoms with Crippen molar-refractivity contribution in [3.8, 4) is 11.5 Å². The van der Waals surface area contributed by atoms with Gasteiger partial charge in [-0.05, 0) is 55.3 Å². The van der Waals surface area contributed by atoms with Crippen LogP contribution in [0.15, 0.2) is 53.4 Å². The molecule has 24 heavy (non-hydrogen) atoms. The lowest BCUT2D eigenvalue weighted by Crippen LogP contribution is -2.42. The highest BCUT2D eigenvalue weighted by molar-refractivity contribution is 7.89. The summed E-state index contributed by atoms with van der Waals surface area (Å²) in [5, 5.41) is 0.579. The lowest BCUT2D eigenvalue weighted by molar-refractivity contribution is 0.320. The molecule has 7 heteroatoms. The molecular weight excluding hydrogens is 348 g/mol. The van der Waals surface area contributed by atoms with Gasteiger partial charge in [-0.1, -0.05) is 17.7 Å². The summed E-state index contributed by atoms with van der Waals surface area (Å²) in [5.41, 5.74) is 5.84. The SMILES string of the molecule is NC1CCN(S(=O)(=O)c2ccc(Oc3cccc(Cl)c3)cc2)CC1. The van der Waals surface area contributed by atoms with Crippen molar-refractivity contribution in [2.45, 2.75) is 23.8 Å². The van der Waals surface area contributed by atoms with Crippen LogP contribution in [0.25, 0.3) is 0 Å². The van der Waals surface area contributed by atoms with Gasteiger partial charge in [-0.2, -0.15) is 4.31 Å². The first-order chi connectivity index (χ1) is 11.4. The van der Waals surface area contributed by atoms with Crippen molar-refractivity contribution in [3.63, 3.8) is 0 Å². The predicted octanol–water partition coefficient (Wildman–Crippen LogP) is 3.24. The Labute approximate surface area is 147 Å². The molecule has 1 heterocycles. The summed E-state index contributed by atoms with van der Waals surface area (Å²) in [5.74, 6) is 1.15. The van der Waals surface area contributed by atoms with Crippen LogP contribution in [0.5, 0.6) is 11.5 Å². The van der Waals surface area contributed by atoms with E-state index in [2.05, 4.69) is 0 Å². The van der Waals surface area contributed by atoms with Gasteiger partial charge in [-0.25, -0.2) is 8.42 Å². The van der Waals surface area contributed by atoms with Crippen LogP contribution in [0.2, 0.25) is 5.02 Å². The quantitative estimate of drug-likeness (QED) is 0.901. The fraction of sp³-hybridized carbons (Fsp3) is 0.294. The number of rotatable bonds is 4. The smallest absolute Gasteiger partial charge is 0.243 e. The second-order valence-corrected chi connectivity index (χ2v) is 8.15. The second-order valence-electron chi connectivity index (χ2n) is 5.77. The summed E-state index contributed by atoms with van der Waals surface area (Å²) >= 11 is 5.92. The minimum absolute atomic E-state index is 0.0879. The molecule has 1 aliphatic heterocycles. The van der Waals surface area contributed by atoms with Gasteiger partial charge in [0.25, 0.3) is 0 Å². The third-order valence-corrected chi connectivity index (χ3v) is 6.14. The number of hydrogen-bond donors (Lipinski definition) is 1. The van der Waals surface area contributed by atoms with Crippen LogP contribution >= 0.6 is 11.6 Å². The molecule has 5 nitrogen and oxygen atoms in total. The molecule has 0 spiro atoms. The Morgan fingerprint density at radius 1 is 1.04 bits per heavy atom. The summed E-state index contributed by atoms with van der Waals surface area (Å²) in [6, 6.07) is 13.5. The summed E-state index contributed by atoms with van der Waals surface area (Å²) < 4.78 is 32.4. The number of hydrogen-bond acceptors (Lipinski definition) is 4. The van der Waals surface area contributed by atoms with E-state index < -0.39 is 10.0 Å². The van der Waals surface area contributed by atoms with Gasteiger partial charge in [0, 0.05) is 24.2 Å². The molecule has 2 N–H and O–H groups in total. The number of nitrogens with two attached hydrogens (primary N) is 1. The van der Waals surface area contributed by atoms with E-state index in [-0.39, 0.29) is 10.9 Å². The maximum absolute atomic E-state index is 12.6. The average molecular weight is 367 g/mol. The van der Waals surface area contributed by atoms with Crippen molar-refractivity contribution in [3.05, 3.63) is 53.6 Å². The maximum atomic E-state index is 12.6. The standard InChI is InChI=1S/C17H19ClN2O3S/c18-13-2-1-3-16(12-13)23-15-4-6-17(7-5-15)24(21,22)20-10-8-14(19)9-11-20/h1-7,12,14H,8-11,19H2. The average Bonchev–Trinajstić information content (AvgIpc) is 2.56. The second kappa shape index (κ2) is 7.11. The Kier molecular flexibility index (Phi) is 5.10. The normalized spacial score (nSPS) is 16.9. The zero-order valence-corrected chi connectivity index (χ0v) is 14.6. The Morgan fingerprint density at radius 2 is 1.71 bits per heavy atom. The summed E-state index contributed by atoms with van der Waals surface area (Å²) in [6.07, 6.45) is 1.38. The molecule has 0 unspecified atom stereocenters. The number of halogens is 1. The molecule has 2 aromatic carbocycles. The molecule has 2 aromatic rings. The minimum atomic E-state index is -3.48. The third kappa shape index (κ3) is 3.89. The molecule has 0 aromatic heterocycles. The zero-order chi connectivity index (χ0) is 17.2. The third-order valence-electron chi connectivity index (χ3n) is 3.99. The first kappa shape index (κ1) is 17.2. The maximum Gasteiger partial charge on any atom is 0.243 e. The molecule has 1 saturated heterocycles. The number of sulfonamides is 1. The lowest BCUT2D eigenvalue weighted by atomic mass is 10.1. The van der Waals surface area contributed by atoms with Gasteiger partial charge in [0.15, 0.2) is 0 Å². The topological polar surface area (TPSA) is 72.6 Å². The monoisotopic (exact) mass is 366 g/mol. The highest BCUT2D eigenvalue weighted by Gasteiger charge is 2.28. The molecule has 0 bridgehead atoms. The van der Waals surface area contributed by atoms with Crippen LogP contribution in [-0.4, -0.2) is 31.9 Å². The van der Waals surface area contributed by atoms with E-state index in [1.54, 1.807) is 48.5 Å². The fourth-order valence-corrected chi connectivity index (χ4v) is 4.26. The Balaban J connectivity index is 1.74. The fourth-order valence-electron chi connectivity index (χ4n) is 2.61. The van der Waals surface area contributed by atoms with Crippen molar-refractivity contribution in [2.75, 3.05) is 13.1 Å². The molecule has 0 radical (unpaired) electrons. The molecule has 1 fully saturated rings. The van der Waals surface area contributed by atoms with E-state index in [9.17, 15) is 8.42 Å². The number of ether oxygens (including phenoxy) is 1. The van der Waals surface area contributed by atoms with E-state index in [0.29, 0.717) is 42.5 Å². The van der Waals surface area contributed by atoms with E-state index in [1.165, 1.54) is 4.31 Å². The van der Waals surface area contributed by atoms with Gasteiger partial charge in [0.2, 0.25) is 10.0 Å². The summed E-state index contributed by atoms with van der Waals surface area (Å²) in [7, 11) is -3.48. The minimum Gasteiger partial charge on any atom is -0.457 e. The van der Waals surface area contributed by atoms with E-state index in [0.717, 1.165) is 0 Å². The van der Waals surface area contributed by atoms with E-state index >= 15 is 0 Å². The number of piperidine rings is 1. The van der Waals surface area contributed by atoms with Gasteiger partial charge in [-0.3, -0.25) is 0 Å². The molecule has 0 aliphatic carbocycles. The number of benzene rings is 2. The molecule has 0 saturated carbocycles. The van der Waals surface area contributed by atoms with Crippen LogP contribution < -0.4 is 10.5 Å². The molecule has 0 amide bonds. The Hall–Kier alpha value is -1.60. The van der Waals surface area contributed by atoms with Crippen molar-refractivity contribution in [1.82, 2.24) is 4.31 Å². The predicted molar refractivity (Wildman–Crippen MR) is 93.9 cm³/mol. The largest absolute Gasteiger partial charge is 0.457 e. The van der Waals surface area contributed by atoms with E-state index in [4.69, 9.17) is 22.1 Å². The van der Waals surface area contributed by atoms with Crippen molar-refractivity contribution in [1.29, 1.82) is 0 Å². The molecule has 128 valence electrons. The van der Waals surface area contributed by atoms with Crippen LogP contribution in [0.4, 0.5) is 0 Å². The lowest BCUT2D eigenvalue weighted by Gasteiger charge is -2.29. The Bertz CT molecular complexity index is 801. The van der Waals surface area contributed by atoms with Gasteiger partial charge in [-0.15, -0.1) is 0 Å².